The molecule has 1 saturated carbocycles. The van der Waals surface area contributed by atoms with Gasteiger partial charge in [-0.05, 0) is 32.6 Å². The fourth-order valence-electron chi connectivity index (χ4n) is 2.44. The third-order valence-electron chi connectivity index (χ3n) is 3.51. The van der Waals surface area contributed by atoms with Crippen molar-refractivity contribution in [2.75, 3.05) is 6.61 Å². The maximum atomic E-state index is 12.9. The Morgan fingerprint density at radius 2 is 1.86 bits per heavy atom. The zero-order valence-electron chi connectivity index (χ0n) is 12.8. The molecule has 1 heterocycles. The Balaban J connectivity index is 2.10. The zero-order chi connectivity index (χ0) is 16.2. The Bertz CT molecular complexity index is 486. The van der Waals surface area contributed by atoms with Gasteiger partial charge in [0.05, 0.1) is 12.7 Å². The Kier molecular flexibility index (Phi) is 5.47. The van der Waals surface area contributed by atoms with Crippen LogP contribution in [0.3, 0.4) is 0 Å². The summed E-state index contributed by atoms with van der Waals surface area (Å²) < 4.78 is 49.3. The van der Waals surface area contributed by atoms with Crippen molar-refractivity contribution in [2.24, 2.45) is 5.92 Å². The van der Waals surface area contributed by atoms with Crippen LogP contribution in [0.2, 0.25) is 0 Å². The molecule has 1 aromatic heterocycles. The Labute approximate surface area is 128 Å². The Morgan fingerprint density at radius 3 is 2.45 bits per heavy atom. The second-order valence-corrected chi connectivity index (χ2v) is 5.85. The number of halogens is 3. The predicted octanol–water partition coefficient (Wildman–Crippen LogP) is 4.24. The van der Waals surface area contributed by atoms with E-state index in [9.17, 15) is 13.2 Å². The highest BCUT2D eigenvalue weighted by molar-refractivity contribution is 5.21. The van der Waals surface area contributed by atoms with Crippen molar-refractivity contribution >= 4 is 0 Å². The number of hydrogen-bond donors (Lipinski definition) is 0. The molecule has 0 aliphatic heterocycles. The highest BCUT2D eigenvalue weighted by Crippen LogP contribution is 2.31. The van der Waals surface area contributed by atoms with Crippen molar-refractivity contribution in [3.8, 4) is 11.9 Å². The van der Waals surface area contributed by atoms with Crippen LogP contribution in [-0.4, -0.2) is 22.7 Å². The van der Waals surface area contributed by atoms with Crippen LogP contribution in [0.15, 0.2) is 6.07 Å². The molecule has 1 fully saturated rings. The third kappa shape index (κ3) is 5.03. The molecule has 1 aliphatic rings. The zero-order valence-corrected chi connectivity index (χ0v) is 12.8. The van der Waals surface area contributed by atoms with Gasteiger partial charge in [0.1, 0.15) is 0 Å². The van der Waals surface area contributed by atoms with Crippen molar-refractivity contribution in [1.29, 1.82) is 0 Å². The minimum atomic E-state index is -4.55. The van der Waals surface area contributed by atoms with Crippen LogP contribution in [0.1, 0.15) is 51.6 Å². The van der Waals surface area contributed by atoms with E-state index in [1.165, 1.54) is 6.42 Å². The van der Waals surface area contributed by atoms with Gasteiger partial charge in [0, 0.05) is 6.07 Å². The second kappa shape index (κ2) is 7.15. The van der Waals surface area contributed by atoms with Crippen LogP contribution < -0.4 is 9.47 Å². The van der Waals surface area contributed by atoms with Crippen LogP contribution in [0.25, 0.3) is 0 Å². The molecule has 0 saturated heterocycles. The quantitative estimate of drug-likeness (QED) is 0.814. The molecule has 124 valence electrons. The van der Waals surface area contributed by atoms with Crippen molar-refractivity contribution in [3.05, 3.63) is 11.8 Å². The Hall–Kier alpha value is -1.53. The first kappa shape index (κ1) is 16.8. The van der Waals surface area contributed by atoms with Gasteiger partial charge in [-0.1, -0.05) is 19.3 Å². The van der Waals surface area contributed by atoms with E-state index in [-0.39, 0.29) is 18.0 Å². The normalized spacial score (nSPS) is 16.8. The lowest BCUT2D eigenvalue weighted by Gasteiger charge is -2.21. The topological polar surface area (TPSA) is 44.2 Å². The highest BCUT2D eigenvalue weighted by Gasteiger charge is 2.34. The van der Waals surface area contributed by atoms with Crippen LogP contribution in [0.5, 0.6) is 11.9 Å². The molecule has 7 heteroatoms. The molecule has 0 atom stereocenters. The standard InChI is InChI=1S/C15H21F3N2O2/c1-10(2)22-14-19-12(15(16,17)18)8-13(20-14)21-9-11-6-4-3-5-7-11/h8,10-11H,3-7,9H2,1-2H3. The van der Waals surface area contributed by atoms with E-state index in [0.29, 0.717) is 12.5 Å². The van der Waals surface area contributed by atoms with Gasteiger partial charge >= 0.3 is 12.2 Å². The summed E-state index contributed by atoms with van der Waals surface area (Å²) in [5, 5.41) is 0. The summed E-state index contributed by atoms with van der Waals surface area (Å²) in [6, 6.07) is 0.527. The first-order valence-electron chi connectivity index (χ1n) is 7.60. The van der Waals surface area contributed by atoms with E-state index in [1.54, 1.807) is 13.8 Å². The van der Waals surface area contributed by atoms with E-state index in [4.69, 9.17) is 9.47 Å². The van der Waals surface area contributed by atoms with E-state index in [2.05, 4.69) is 9.97 Å². The summed E-state index contributed by atoms with van der Waals surface area (Å²) in [4.78, 5) is 7.32. The number of rotatable bonds is 5. The largest absolute Gasteiger partial charge is 0.477 e. The van der Waals surface area contributed by atoms with Gasteiger partial charge in [-0.2, -0.15) is 23.1 Å². The summed E-state index contributed by atoms with van der Waals surface area (Å²) >= 11 is 0. The molecule has 0 unspecified atom stereocenters. The molecule has 1 aromatic rings. The summed E-state index contributed by atoms with van der Waals surface area (Å²) in [5.41, 5.74) is -1.04. The summed E-state index contributed by atoms with van der Waals surface area (Å²) in [6.45, 7) is 3.79. The fourth-order valence-corrected chi connectivity index (χ4v) is 2.44. The van der Waals surface area contributed by atoms with Crippen molar-refractivity contribution < 1.29 is 22.6 Å². The lowest BCUT2D eigenvalue weighted by atomic mass is 9.90. The molecule has 0 spiro atoms. The number of aromatic nitrogens is 2. The molecule has 4 nitrogen and oxygen atoms in total. The van der Waals surface area contributed by atoms with Gasteiger partial charge in [0.25, 0.3) is 0 Å². The summed E-state index contributed by atoms with van der Waals surface area (Å²) in [6.07, 6.45) is 0.740. The second-order valence-electron chi connectivity index (χ2n) is 5.85. The van der Waals surface area contributed by atoms with Crippen LogP contribution in [0.4, 0.5) is 13.2 Å². The lowest BCUT2D eigenvalue weighted by molar-refractivity contribution is -0.141. The van der Waals surface area contributed by atoms with Crippen LogP contribution in [-0.2, 0) is 6.18 Å². The predicted molar refractivity (Wildman–Crippen MR) is 74.9 cm³/mol. The number of nitrogens with zero attached hydrogens (tertiary/aromatic N) is 2. The molecule has 2 rings (SSSR count). The van der Waals surface area contributed by atoms with Gasteiger partial charge in [-0.3, -0.25) is 0 Å². The van der Waals surface area contributed by atoms with Gasteiger partial charge in [-0.25, -0.2) is 0 Å². The van der Waals surface area contributed by atoms with E-state index in [1.807, 2.05) is 0 Å². The molecular formula is C15H21F3N2O2. The van der Waals surface area contributed by atoms with Crippen LogP contribution >= 0.6 is 0 Å². The molecule has 0 amide bonds. The van der Waals surface area contributed by atoms with Crippen molar-refractivity contribution in [2.45, 2.75) is 58.2 Å². The fraction of sp³-hybridized carbons (Fsp3) is 0.733. The SMILES string of the molecule is CC(C)Oc1nc(OCC2CCCCC2)cc(C(F)(F)F)n1. The average molecular weight is 318 g/mol. The third-order valence-corrected chi connectivity index (χ3v) is 3.51. The number of alkyl halides is 3. The molecule has 0 N–H and O–H groups in total. The molecule has 0 radical (unpaired) electrons. The maximum absolute atomic E-state index is 12.9. The maximum Gasteiger partial charge on any atom is 0.433 e. The summed E-state index contributed by atoms with van der Waals surface area (Å²) in [7, 11) is 0. The molecule has 0 bridgehead atoms. The number of ether oxygens (including phenoxy) is 2. The van der Waals surface area contributed by atoms with E-state index >= 15 is 0 Å². The average Bonchev–Trinajstić information content (AvgIpc) is 2.44. The first-order chi connectivity index (χ1) is 10.3. The lowest BCUT2D eigenvalue weighted by Crippen LogP contribution is -2.18. The minimum Gasteiger partial charge on any atom is -0.477 e. The van der Waals surface area contributed by atoms with Gasteiger partial charge in [0.15, 0.2) is 5.69 Å². The van der Waals surface area contributed by atoms with Crippen molar-refractivity contribution in [3.63, 3.8) is 0 Å². The van der Waals surface area contributed by atoms with Gasteiger partial charge in [0.2, 0.25) is 5.88 Å². The monoisotopic (exact) mass is 318 g/mol. The van der Waals surface area contributed by atoms with Gasteiger partial charge < -0.3 is 9.47 Å². The minimum absolute atomic E-state index is 0.0800. The smallest absolute Gasteiger partial charge is 0.433 e. The summed E-state index contributed by atoms with van der Waals surface area (Å²) in [5.74, 6) is 0.302. The first-order valence-corrected chi connectivity index (χ1v) is 7.60. The Morgan fingerprint density at radius 1 is 1.18 bits per heavy atom. The molecule has 1 aliphatic carbocycles. The highest BCUT2D eigenvalue weighted by atomic mass is 19.4. The number of hydrogen-bond acceptors (Lipinski definition) is 4. The molecule has 22 heavy (non-hydrogen) atoms. The van der Waals surface area contributed by atoms with Crippen molar-refractivity contribution in [1.82, 2.24) is 9.97 Å². The molecular weight excluding hydrogens is 297 g/mol. The van der Waals surface area contributed by atoms with Gasteiger partial charge in [-0.15, -0.1) is 0 Å². The van der Waals surface area contributed by atoms with Crippen LogP contribution in [0, 0.1) is 5.92 Å². The van der Waals surface area contributed by atoms with E-state index in [0.717, 1.165) is 31.7 Å². The molecule has 0 aromatic carbocycles. The van der Waals surface area contributed by atoms with E-state index < -0.39 is 11.9 Å².